The number of nitrogens with zero attached hydrogens (tertiary/aromatic N) is 3. The summed E-state index contributed by atoms with van der Waals surface area (Å²) in [5.41, 5.74) is 1.34. The van der Waals surface area contributed by atoms with Gasteiger partial charge in [-0.3, -0.25) is 9.59 Å². The maximum absolute atomic E-state index is 12.7. The smallest absolute Gasteiger partial charge is 0.255 e. The topological polar surface area (TPSA) is 54.8 Å². The molecule has 0 atom stereocenters. The van der Waals surface area contributed by atoms with Crippen LogP contribution in [0, 0.1) is 0 Å². The van der Waals surface area contributed by atoms with Gasteiger partial charge in [0.05, 0.1) is 12.2 Å². The molecule has 138 valence electrons. The Morgan fingerprint density at radius 3 is 2.08 bits per heavy atom. The molecule has 3 rings (SSSR count). The van der Waals surface area contributed by atoms with Gasteiger partial charge in [-0.1, -0.05) is 0 Å². The number of hydrogen-bond donors (Lipinski definition) is 0. The normalized spacial score (nSPS) is 14.8. The highest BCUT2D eigenvalue weighted by atomic mass is 16.5. The molecule has 0 unspecified atom stereocenters. The highest BCUT2D eigenvalue weighted by Gasteiger charge is 2.23. The van der Waals surface area contributed by atoms with Crippen molar-refractivity contribution in [2.24, 2.45) is 7.05 Å². The first-order valence-corrected chi connectivity index (χ1v) is 9.02. The Kier molecular flexibility index (Phi) is 5.61. The lowest BCUT2D eigenvalue weighted by Gasteiger charge is -2.22. The average molecular weight is 355 g/mol. The minimum Gasteiger partial charge on any atom is -0.494 e. The number of benzene rings is 1. The second-order valence-corrected chi connectivity index (χ2v) is 6.46. The standard InChI is InChI=1S/C20H25N3O3/c1-3-26-18-7-5-16(6-8-18)19(24)22-10-4-11-23(14-13-22)20(25)17-9-12-21(2)15-17/h5-9,12,15H,3-4,10-11,13-14H2,1-2H3. The molecule has 0 aliphatic carbocycles. The number of rotatable bonds is 4. The number of aromatic nitrogens is 1. The van der Waals surface area contributed by atoms with E-state index < -0.39 is 0 Å². The fraction of sp³-hybridized carbons (Fsp3) is 0.400. The lowest BCUT2D eigenvalue weighted by molar-refractivity contribution is 0.0718. The predicted octanol–water partition coefficient (Wildman–Crippen LogP) is 2.41. The number of amides is 2. The molecule has 2 heterocycles. The molecule has 0 bridgehead atoms. The van der Waals surface area contributed by atoms with Crippen molar-refractivity contribution in [3.63, 3.8) is 0 Å². The fourth-order valence-electron chi connectivity index (χ4n) is 3.18. The molecule has 6 heteroatoms. The Balaban J connectivity index is 1.62. The minimum atomic E-state index is 0.00191. The van der Waals surface area contributed by atoms with Crippen molar-refractivity contribution in [2.45, 2.75) is 13.3 Å². The molecule has 0 spiro atoms. The zero-order chi connectivity index (χ0) is 18.5. The summed E-state index contributed by atoms with van der Waals surface area (Å²) in [6.07, 6.45) is 4.48. The van der Waals surface area contributed by atoms with Gasteiger partial charge < -0.3 is 19.1 Å². The van der Waals surface area contributed by atoms with E-state index in [0.29, 0.717) is 43.9 Å². The van der Waals surface area contributed by atoms with Gasteiger partial charge in [-0.2, -0.15) is 0 Å². The Labute approximate surface area is 154 Å². The Bertz CT molecular complexity index is 767. The molecule has 26 heavy (non-hydrogen) atoms. The van der Waals surface area contributed by atoms with Gasteiger partial charge in [-0.25, -0.2) is 0 Å². The van der Waals surface area contributed by atoms with E-state index in [1.807, 2.05) is 58.9 Å². The Morgan fingerprint density at radius 2 is 1.54 bits per heavy atom. The molecule has 1 saturated heterocycles. The number of hydrogen-bond acceptors (Lipinski definition) is 3. The summed E-state index contributed by atoms with van der Waals surface area (Å²) in [6, 6.07) is 9.06. The third kappa shape index (κ3) is 4.07. The van der Waals surface area contributed by atoms with Crippen LogP contribution < -0.4 is 4.74 Å². The zero-order valence-electron chi connectivity index (χ0n) is 15.4. The van der Waals surface area contributed by atoms with Gasteiger partial charge in [0.15, 0.2) is 0 Å². The van der Waals surface area contributed by atoms with Crippen molar-refractivity contribution in [3.8, 4) is 5.75 Å². The first kappa shape index (κ1) is 18.0. The molecule has 0 N–H and O–H groups in total. The minimum absolute atomic E-state index is 0.00191. The molecule has 1 aliphatic rings. The molecule has 0 saturated carbocycles. The summed E-state index contributed by atoms with van der Waals surface area (Å²) in [7, 11) is 1.90. The predicted molar refractivity (Wildman–Crippen MR) is 99.4 cm³/mol. The lowest BCUT2D eigenvalue weighted by atomic mass is 10.2. The summed E-state index contributed by atoms with van der Waals surface area (Å²) < 4.78 is 7.29. The summed E-state index contributed by atoms with van der Waals surface area (Å²) in [5.74, 6) is 0.794. The third-order valence-electron chi connectivity index (χ3n) is 4.56. The average Bonchev–Trinajstić information content (AvgIpc) is 2.93. The van der Waals surface area contributed by atoms with Gasteiger partial charge in [0.2, 0.25) is 0 Å². The van der Waals surface area contributed by atoms with Gasteiger partial charge in [-0.05, 0) is 43.7 Å². The van der Waals surface area contributed by atoms with Crippen molar-refractivity contribution in [3.05, 3.63) is 53.9 Å². The van der Waals surface area contributed by atoms with E-state index in [2.05, 4.69) is 0 Å². The molecular formula is C20H25N3O3. The molecule has 1 aromatic carbocycles. The lowest BCUT2D eigenvalue weighted by Crippen LogP contribution is -2.37. The van der Waals surface area contributed by atoms with Gasteiger partial charge in [0.1, 0.15) is 5.75 Å². The van der Waals surface area contributed by atoms with E-state index in [0.717, 1.165) is 12.2 Å². The van der Waals surface area contributed by atoms with Crippen molar-refractivity contribution in [1.82, 2.24) is 14.4 Å². The molecule has 6 nitrogen and oxygen atoms in total. The van der Waals surface area contributed by atoms with Crippen molar-refractivity contribution >= 4 is 11.8 Å². The summed E-state index contributed by atoms with van der Waals surface area (Å²) in [6.45, 7) is 4.95. The van der Waals surface area contributed by atoms with E-state index in [4.69, 9.17) is 4.74 Å². The van der Waals surface area contributed by atoms with Crippen LogP contribution in [-0.4, -0.2) is 59.0 Å². The van der Waals surface area contributed by atoms with Crippen LogP contribution in [0.1, 0.15) is 34.1 Å². The van der Waals surface area contributed by atoms with Crippen molar-refractivity contribution in [1.29, 1.82) is 0 Å². The highest BCUT2D eigenvalue weighted by Crippen LogP contribution is 2.16. The second kappa shape index (κ2) is 8.08. The second-order valence-electron chi connectivity index (χ2n) is 6.46. The van der Waals surface area contributed by atoms with Crippen molar-refractivity contribution in [2.75, 3.05) is 32.8 Å². The first-order valence-electron chi connectivity index (χ1n) is 9.02. The Hall–Kier alpha value is -2.76. The van der Waals surface area contributed by atoms with Gasteiger partial charge in [-0.15, -0.1) is 0 Å². The van der Waals surface area contributed by atoms with Crippen LogP contribution in [0.3, 0.4) is 0 Å². The SMILES string of the molecule is CCOc1ccc(C(=O)N2CCCN(C(=O)c3ccn(C)c3)CC2)cc1. The molecular weight excluding hydrogens is 330 g/mol. The van der Waals surface area contributed by atoms with E-state index in [9.17, 15) is 9.59 Å². The molecule has 1 aromatic heterocycles. The number of carbonyl (C=O) groups is 2. The van der Waals surface area contributed by atoms with E-state index in [1.54, 1.807) is 12.1 Å². The van der Waals surface area contributed by atoms with Crippen LogP contribution in [0.4, 0.5) is 0 Å². The van der Waals surface area contributed by atoms with Crippen LogP contribution in [0.15, 0.2) is 42.7 Å². The number of carbonyl (C=O) groups excluding carboxylic acids is 2. The van der Waals surface area contributed by atoms with Crippen LogP contribution in [0.2, 0.25) is 0 Å². The van der Waals surface area contributed by atoms with Crippen LogP contribution in [-0.2, 0) is 7.05 Å². The summed E-state index contributed by atoms with van der Waals surface area (Å²) in [5, 5.41) is 0. The maximum atomic E-state index is 12.7. The summed E-state index contributed by atoms with van der Waals surface area (Å²) >= 11 is 0. The quantitative estimate of drug-likeness (QED) is 0.846. The van der Waals surface area contributed by atoms with Crippen LogP contribution in [0.25, 0.3) is 0 Å². The van der Waals surface area contributed by atoms with Crippen molar-refractivity contribution < 1.29 is 14.3 Å². The summed E-state index contributed by atoms with van der Waals surface area (Å²) in [4.78, 5) is 29.0. The number of aryl methyl sites for hydroxylation is 1. The zero-order valence-corrected chi connectivity index (χ0v) is 15.4. The molecule has 1 fully saturated rings. The third-order valence-corrected chi connectivity index (χ3v) is 4.56. The van der Waals surface area contributed by atoms with Gasteiger partial charge in [0.25, 0.3) is 11.8 Å². The first-order chi connectivity index (χ1) is 12.6. The van der Waals surface area contributed by atoms with Crippen LogP contribution in [0.5, 0.6) is 5.75 Å². The van der Waals surface area contributed by atoms with E-state index >= 15 is 0 Å². The molecule has 1 aliphatic heterocycles. The number of ether oxygens (including phenoxy) is 1. The van der Waals surface area contributed by atoms with Gasteiger partial charge >= 0.3 is 0 Å². The van der Waals surface area contributed by atoms with E-state index in [1.165, 1.54) is 0 Å². The highest BCUT2D eigenvalue weighted by molar-refractivity contribution is 5.95. The molecule has 2 amide bonds. The monoisotopic (exact) mass is 355 g/mol. The van der Waals surface area contributed by atoms with Gasteiger partial charge in [0, 0.05) is 51.2 Å². The molecule has 2 aromatic rings. The maximum Gasteiger partial charge on any atom is 0.255 e. The molecule has 0 radical (unpaired) electrons. The Morgan fingerprint density at radius 1 is 0.923 bits per heavy atom. The van der Waals surface area contributed by atoms with Crippen LogP contribution >= 0.6 is 0 Å². The fourth-order valence-corrected chi connectivity index (χ4v) is 3.18. The largest absolute Gasteiger partial charge is 0.494 e. The van der Waals surface area contributed by atoms with E-state index in [-0.39, 0.29) is 11.8 Å².